The van der Waals surface area contributed by atoms with Crippen molar-refractivity contribution in [2.24, 2.45) is 0 Å². The van der Waals surface area contributed by atoms with Crippen LogP contribution in [-0.2, 0) is 24.7 Å². The number of hydrogen-bond acceptors (Lipinski definition) is 9. The topological polar surface area (TPSA) is 209 Å². The lowest BCUT2D eigenvalue weighted by atomic mass is 10.5. The van der Waals surface area contributed by atoms with Gasteiger partial charge in [-0.2, -0.15) is 9.97 Å². The van der Waals surface area contributed by atoms with Crippen LogP contribution in [0.3, 0.4) is 0 Å². The van der Waals surface area contributed by atoms with Crippen molar-refractivity contribution in [2.45, 2.75) is 6.54 Å². The molecule has 7 N–H and O–H groups in total. The van der Waals surface area contributed by atoms with Crippen LogP contribution in [0, 0.1) is 0 Å². The van der Waals surface area contributed by atoms with Gasteiger partial charge in [0.05, 0.1) is 12.9 Å². The molecule has 0 aliphatic rings. The second kappa shape index (κ2) is 6.49. The second-order valence-corrected chi connectivity index (χ2v) is 7.49. The van der Waals surface area contributed by atoms with E-state index in [2.05, 4.69) is 19.3 Å². The highest BCUT2D eigenvalue weighted by atomic mass is 31.3. The second-order valence-electron chi connectivity index (χ2n) is 4.32. The Morgan fingerprint density at radius 3 is 2.57 bits per heavy atom. The summed E-state index contributed by atoms with van der Waals surface area (Å²) in [6.07, 6.45) is 0.521. The van der Waals surface area contributed by atoms with Gasteiger partial charge in [0.2, 0.25) is 5.95 Å². The normalized spacial score (nSPS) is 14.9. The summed E-state index contributed by atoms with van der Waals surface area (Å²) in [7, 11) is -9.64. The minimum Gasteiger partial charge on any atom is -0.382 e. The van der Waals surface area contributed by atoms with Crippen molar-refractivity contribution < 1.29 is 32.9 Å². The third-order valence-electron chi connectivity index (χ3n) is 2.47. The molecule has 2 heterocycles. The third kappa shape index (κ3) is 4.94. The maximum Gasteiger partial charge on any atom is 0.476 e. The van der Waals surface area contributed by atoms with E-state index >= 15 is 0 Å². The van der Waals surface area contributed by atoms with Crippen molar-refractivity contribution in [1.82, 2.24) is 19.5 Å². The molecule has 128 valence electrons. The summed E-state index contributed by atoms with van der Waals surface area (Å²) in [6, 6.07) is 0. The molecule has 0 aliphatic carbocycles. The van der Waals surface area contributed by atoms with Crippen molar-refractivity contribution in [3.63, 3.8) is 0 Å². The van der Waals surface area contributed by atoms with Crippen LogP contribution in [-0.4, -0.2) is 47.2 Å². The molecule has 0 amide bonds. The van der Waals surface area contributed by atoms with Crippen LogP contribution < -0.4 is 11.5 Å². The molecule has 23 heavy (non-hydrogen) atoms. The zero-order valence-electron chi connectivity index (χ0n) is 11.5. The number of ether oxygens (including phenoxy) is 1. The molecule has 15 heteroatoms. The fourth-order valence-corrected chi connectivity index (χ4v) is 3.56. The Labute approximate surface area is 129 Å². The van der Waals surface area contributed by atoms with Crippen LogP contribution in [0.15, 0.2) is 6.33 Å². The van der Waals surface area contributed by atoms with E-state index < -0.39 is 21.8 Å². The number of fused-ring (bicyclic) bond motifs is 1. The van der Waals surface area contributed by atoms with Crippen molar-refractivity contribution >= 4 is 38.3 Å². The van der Waals surface area contributed by atoms with E-state index in [1.807, 2.05) is 0 Å². The first-order valence-corrected chi connectivity index (χ1v) is 9.27. The summed E-state index contributed by atoms with van der Waals surface area (Å²) >= 11 is 0. The zero-order chi connectivity index (χ0) is 17.3. The van der Waals surface area contributed by atoms with Gasteiger partial charge >= 0.3 is 15.4 Å². The molecule has 1 unspecified atom stereocenters. The van der Waals surface area contributed by atoms with Crippen LogP contribution in [0.4, 0.5) is 11.8 Å². The van der Waals surface area contributed by atoms with E-state index in [0.29, 0.717) is 11.2 Å². The molecule has 0 saturated heterocycles. The summed E-state index contributed by atoms with van der Waals surface area (Å²) in [5.74, 6) is 0.0784. The number of rotatable bonds is 7. The van der Waals surface area contributed by atoms with E-state index in [9.17, 15) is 14.0 Å². The predicted molar refractivity (Wildman–Crippen MR) is 77.9 cm³/mol. The van der Waals surface area contributed by atoms with Gasteiger partial charge in [-0.15, -0.1) is 0 Å². The number of hydrogen-bond donors (Lipinski definition) is 5. The Bertz CT molecular complexity index is 804. The van der Waals surface area contributed by atoms with Gasteiger partial charge < -0.3 is 35.5 Å². The summed E-state index contributed by atoms with van der Waals surface area (Å²) in [5.41, 5.74) is 11.8. The van der Waals surface area contributed by atoms with E-state index in [1.54, 1.807) is 0 Å². The van der Waals surface area contributed by atoms with Gasteiger partial charge in [-0.3, -0.25) is 4.57 Å². The lowest BCUT2D eigenvalue weighted by Gasteiger charge is -2.12. The SMILES string of the molecule is Nc1nc(N)c2ncn(CCOCP(=O)(O)OP(=O)(O)O)c2n1. The maximum atomic E-state index is 11.3. The fraction of sp³-hybridized carbons (Fsp3) is 0.375. The molecule has 0 radical (unpaired) electrons. The first kappa shape index (κ1) is 17.8. The van der Waals surface area contributed by atoms with Crippen molar-refractivity contribution in [3.8, 4) is 0 Å². The molecule has 0 fully saturated rings. The summed E-state index contributed by atoms with van der Waals surface area (Å²) in [4.78, 5) is 37.9. The number of aromatic nitrogens is 4. The van der Waals surface area contributed by atoms with Crippen molar-refractivity contribution in [3.05, 3.63) is 6.33 Å². The lowest BCUT2D eigenvalue weighted by Crippen LogP contribution is -2.08. The minimum absolute atomic E-state index is 0.0347. The summed E-state index contributed by atoms with van der Waals surface area (Å²) < 4.78 is 32.0. The maximum absolute atomic E-state index is 11.3. The number of imidazole rings is 1. The average molecular weight is 368 g/mol. The van der Waals surface area contributed by atoms with E-state index in [1.165, 1.54) is 10.9 Å². The van der Waals surface area contributed by atoms with Crippen molar-refractivity contribution in [2.75, 3.05) is 24.4 Å². The molecular formula is C8H14N6O7P2. The molecule has 1 atom stereocenters. The van der Waals surface area contributed by atoms with Gasteiger partial charge in [-0.05, 0) is 0 Å². The number of nitrogens with two attached hydrogens (primary N) is 2. The zero-order valence-corrected chi connectivity index (χ0v) is 13.3. The molecule has 0 spiro atoms. The van der Waals surface area contributed by atoms with E-state index in [4.69, 9.17) is 26.0 Å². The molecule has 0 bridgehead atoms. The summed E-state index contributed by atoms with van der Waals surface area (Å²) in [6.45, 7) is 0.0899. The minimum atomic E-state index is -5.08. The molecule has 0 aromatic carbocycles. The molecular weight excluding hydrogens is 354 g/mol. The standard InChI is InChI=1S/C8H14N6O7P2/c9-6-5-7(13-8(10)12-6)14(3-11-5)1-2-20-4-22(15,16)21-23(17,18)19/h3H,1-2,4H2,(H,15,16)(H2,17,18,19)(H4,9,10,12,13). The summed E-state index contributed by atoms with van der Waals surface area (Å²) in [5, 5.41) is 0. The van der Waals surface area contributed by atoms with Crippen LogP contribution in [0.5, 0.6) is 0 Å². The molecule has 0 saturated carbocycles. The first-order valence-electron chi connectivity index (χ1n) is 5.98. The molecule has 13 nitrogen and oxygen atoms in total. The Hall–Kier alpha value is -1.59. The largest absolute Gasteiger partial charge is 0.476 e. The van der Waals surface area contributed by atoms with E-state index in [0.717, 1.165) is 0 Å². The number of nitrogen functional groups attached to an aromatic ring is 2. The monoisotopic (exact) mass is 368 g/mol. The van der Waals surface area contributed by atoms with E-state index in [-0.39, 0.29) is 24.9 Å². The molecule has 2 rings (SSSR count). The van der Waals surface area contributed by atoms with Crippen LogP contribution in [0.25, 0.3) is 11.2 Å². The molecule has 2 aromatic rings. The number of anilines is 2. The smallest absolute Gasteiger partial charge is 0.382 e. The fourth-order valence-electron chi connectivity index (χ4n) is 1.68. The molecule has 2 aromatic heterocycles. The predicted octanol–water partition coefficient (Wildman–Crippen LogP) is -0.740. The Morgan fingerprint density at radius 1 is 1.22 bits per heavy atom. The number of nitrogens with zero attached hydrogens (tertiary/aromatic N) is 4. The molecule has 0 aliphatic heterocycles. The third-order valence-corrected chi connectivity index (χ3v) is 4.85. The van der Waals surface area contributed by atoms with Gasteiger partial charge in [0, 0.05) is 6.54 Å². The van der Waals surface area contributed by atoms with Gasteiger partial charge in [-0.1, -0.05) is 0 Å². The van der Waals surface area contributed by atoms with Crippen LogP contribution in [0.2, 0.25) is 0 Å². The van der Waals surface area contributed by atoms with Gasteiger partial charge in [0.1, 0.15) is 11.9 Å². The number of phosphoric acid groups is 1. The van der Waals surface area contributed by atoms with Crippen LogP contribution in [0.1, 0.15) is 0 Å². The highest BCUT2D eigenvalue weighted by Crippen LogP contribution is 2.56. The van der Waals surface area contributed by atoms with Gasteiger partial charge in [0.15, 0.2) is 11.5 Å². The van der Waals surface area contributed by atoms with Crippen LogP contribution >= 0.6 is 15.4 Å². The first-order chi connectivity index (χ1) is 10.6. The highest BCUT2D eigenvalue weighted by molar-refractivity contribution is 7.63. The Morgan fingerprint density at radius 2 is 1.91 bits per heavy atom. The Kier molecular flexibility index (Phi) is 5.01. The lowest BCUT2D eigenvalue weighted by molar-refractivity contribution is 0.146. The quantitative estimate of drug-likeness (QED) is 0.302. The van der Waals surface area contributed by atoms with Gasteiger partial charge in [0.25, 0.3) is 0 Å². The highest BCUT2D eigenvalue weighted by Gasteiger charge is 2.30. The van der Waals surface area contributed by atoms with Gasteiger partial charge in [-0.25, -0.2) is 13.9 Å². The average Bonchev–Trinajstić information content (AvgIpc) is 2.75. The van der Waals surface area contributed by atoms with Crippen molar-refractivity contribution in [1.29, 1.82) is 0 Å². The Balaban J connectivity index is 1.95.